The largest absolute Gasteiger partial charge is 0.366 e. The van der Waals surface area contributed by atoms with Crippen molar-refractivity contribution >= 4 is 50.9 Å². The zero-order valence-electron chi connectivity index (χ0n) is 15.1. The van der Waals surface area contributed by atoms with Gasteiger partial charge in [-0.25, -0.2) is 0 Å². The maximum atomic E-state index is 12.0. The Morgan fingerprint density at radius 2 is 1.93 bits per heavy atom. The van der Waals surface area contributed by atoms with Crippen LogP contribution < -0.4 is 11.1 Å². The number of benzene rings is 3. The third kappa shape index (κ3) is 3.21. The van der Waals surface area contributed by atoms with Gasteiger partial charge >= 0.3 is 0 Å². The summed E-state index contributed by atoms with van der Waals surface area (Å²) in [6, 6.07) is 19.8. The van der Waals surface area contributed by atoms with Gasteiger partial charge in [0.25, 0.3) is 0 Å². The zero-order chi connectivity index (χ0) is 19.8. The van der Waals surface area contributed by atoms with Gasteiger partial charge in [-0.05, 0) is 48.0 Å². The van der Waals surface area contributed by atoms with E-state index in [1.165, 1.54) is 6.92 Å². The molecule has 6 heteroatoms. The second-order valence-electron chi connectivity index (χ2n) is 6.61. The summed E-state index contributed by atoms with van der Waals surface area (Å²) >= 11 is 6.22. The van der Waals surface area contributed by atoms with Crippen LogP contribution in [0.2, 0.25) is 5.02 Å². The number of primary amides is 1. The maximum Gasteiger partial charge on any atom is 0.249 e. The fourth-order valence-electron chi connectivity index (χ4n) is 3.54. The Morgan fingerprint density at radius 3 is 2.68 bits per heavy atom. The highest BCUT2D eigenvalue weighted by Gasteiger charge is 2.17. The van der Waals surface area contributed by atoms with Gasteiger partial charge in [-0.15, -0.1) is 0 Å². The number of rotatable bonds is 4. The molecule has 0 aliphatic rings. The van der Waals surface area contributed by atoms with Crippen LogP contribution in [0.1, 0.15) is 22.8 Å². The fraction of sp³-hybridized carbons (Fsp3) is 0.0909. The molecule has 3 N–H and O–H groups in total. The summed E-state index contributed by atoms with van der Waals surface area (Å²) in [6.07, 6.45) is 0. The van der Waals surface area contributed by atoms with Crippen LogP contribution in [0.5, 0.6) is 0 Å². The molecule has 0 atom stereocenters. The quantitative estimate of drug-likeness (QED) is 0.543. The van der Waals surface area contributed by atoms with E-state index in [0.717, 1.165) is 33.1 Å². The van der Waals surface area contributed by atoms with Crippen molar-refractivity contribution in [1.29, 1.82) is 0 Å². The number of halogens is 1. The van der Waals surface area contributed by atoms with Crippen molar-refractivity contribution in [3.8, 4) is 0 Å². The van der Waals surface area contributed by atoms with Gasteiger partial charge in [-0.3, -0.25) is 9.59 Å². The molecule has 0 aliphatic heterocycles. The number of amides is 2. The molecular formula is C22H17ClN3O2. The second-order valence-corrected chi connectivity index (χ2v) is 7.05. The molecule has 0 saturated heterocycles. The minimum Gasteiger partial charge on any atom is -0.366 e. The van der Waals surface area contributed by atoms with Gasteiger partial charge in [-0.2, -0.15) is 0 Å². The van der Waals surface area contributed by atoms with Crippen LogP contribution in [-0.2, 0) is 11.3 Å². The molecule has 0 spiro atoms. The molecule has 4 rings (SSSR count). The molecule has 2 amide bonds. The Bertz CT molecular complexity index is 1240. The summed E-state index contributed by atoms with van der Waals surface area (Å²) in [5.74, 6) is -0.609. The van der Waals surface area contributed by atoms with Crippen molar-refractivity contribution in [3.05, 3.63) is 76.8 Å². The van der Waals surface area contributed by atoms with Gasteiger partial charge in [-0.1, -0.05) is 29.8 Å². The van der Waals surface area contributed by atoms with E-state index in [4.69, 9.17) is 17.3 Å². The van der Waals surface area contributed by atoms with E-state index in [2.05, 4.69) is 16.0 Å². The van der Waals surface area contributed by atoms with Crippen LogP contribution in [0, 0.1) is 6.07 Å². The van der Waals surface area contributed by atoms with Crippen molar-refractivity contribution in [2.24, 2.45) is 5.73 Å². The maximum absolute atomic E-state index is 12.0. The molecule has 1 aromatic heterocycles. The molecule has 5 nitrogen and oxygen atoms in total. The number of anilines is 1. The van der Waals surface area contributed by atoms with Gasteiger partial charge < -0.3 is 15.6 Å². The fourth-order valence-corrected chi connectivity index (χ4v) is 3.70. The second kappa shape index (κ2) is 7.02. The van der Waals surface area contributed by atoms with Crippen LogP contribution in [0.4, 0.5) is 5.69 Å². The molecule has 1 radical (unpaired) electrons. The highest BCUT2D eigenvalue weighted by atomic mass is 35.5. The van der Waals surface area contributed by atoms with Gasteiger partial charge in [0.05, 0.1) is 11.0 Å². The first-order valence-electron chi connectivity index (χ1n) is 8.72. The SMILES string of the molecule is CC(=O)Nc1cccc(Cn2c3cc(Cl)c[c]c3c3c(C(N)=O)cccc32)c1. The van der Waals surface area contributed by atoms with Crippen LogP contribution >= 0.6 is 11.6 Å². The molecule has 0 unspecified atom stereocenters. The number of carbonyl (C=O) groups is 2. The minimum atomic E-state index is -0.486. The number of nitrogens with one attached hydrogen (secondary N) is 1. The van der Waals surface area contributed by atoms with Crippen LogP contribution in [0.25, 0.3) is 21.8 Å². The number of fused-ring (bicyclic) bond motifs is 3. The lowest BCUT2D eigenvalue weighted by Crippen LogP contribution is -2.11. The third-order valence-corrected chi connectivity index (χ3v) is 4.83. The Kier molecular flexibility index (Phi) is 4.53. The average molecular weight is 391 g/mol. The van der Waals surface area contributed by atoms with Gasteiger partial charge in [0.1, 0.15) is 0 Å². The first kappa shape index (κ1) is 18.1. The zero-order valence-corrected chi connectivity index (χ0v) is 15.9. The molecule has 4 aromatic rings. The predicted molar refractivity (Wildman–Crippen MR) is 112 cm³/mol. The third-order valence-electron chi connectivity index (χ3n) is 4.61. The molecule has 3 aromatic carbocycles. The van der Waals surface area contributed by atoms with Crippen molar-refractivity contribution in [2.75, 3.05) is 5.32 Å². The summed E-state index contributed by atoms with van der Waals surface area (Å²) in [5.41, 5.74) is 9.51. The number of hydrogen-bond donors (Lipinski definition) is 2. The van der Waals surface area contributed by atoms with E-state index in [9.17, 15) is 9.59 Å². The van der Waals surface area contributed by atoms with Crippen molar-refractivity contribution in [1.82, 2.24) is 4.57 Å². The van der Waals surface area contributed by atoms with E-state index in [1.54, 1.807) is 12.1 Å². The summed E-state index contributed by atoms with van der Waals surface area (Å²) in [6.45, 7) is 2.01. The lowest BCUT2D eigenvalue weighted by Gasteiger charge is -2.10. The molecule has 1 heterocycles. The Hall–Kier alpha value is -3.31. The molecule has 0 bridgehead atoms. The van der Waals surface area contributed by atoms with Crippen molar-refractivity contribution in [3.63, 3.8) is 0 Å². The molecular weight excluding hydrogens is 374 g/mol. The highest BCUT2D eigenvalue weighted by molar-refractivity contribution is 6.31. The Morgan fingerprint density at radius 1 is 1.14 bits per heavy atom. The summed E-state index contributed by atoms with van der Waals surface area (Å²) in [4.78, 5) is 23.3. The minimum absolute atomic E-state index is 0.124. The lowest BCUT2D eigenvalue weighted by molar-refractivity contribution is -0.114. The number of hydrogen-bond acceptors (Lipinski definition) is 2. The first-order chi connectivity index (χ1) is 13.4. The molecule has 28 heavy (non-hydrogen) atoms. The Labute approximate surface area is 166 Å². The lowest BCUT2D eigenvalue weighted by atomic mass is 10.1. The average Bonchev–Trinajstić information content (AvgIpc) is 2.94. The first-order valence-corrected chi connectivity index (χ1v) is 9.10. The number of aromatic nitrogens is 1. The van der Waals surface area contributed by atoms with Crippen molar-refractivity contribution < 1.29 is 9.59 Å². The number of nitrogens with two attached hydrogens (primary N) is 1. The highest BCUT2D eigenvalue weighted by Crippen LogP contribution is 2.33. The summed E-state index contributed by atoms with van der Waals surface area (Å²) < 4.78 is 2.08. The predicted octanol–water partition coefficient (Wildman–Crippen LogP) is 4.35. The Balaban J connectivity index is 1.93. The molecule has 0 saturated carbocycles. The van der Waals surface area contributed by atoms with Crippen LogP contribution in [0.15, 0.2) is 54.6 Å². The van der Waals surface area contributed by atoms with E-state index >= 15 is 0 Å². The molecule has 0 aliphatic carbocycles. The monoisotopic (exact) mass is 390 g/mol. The van der Waals surface area contributed by atoms with Crippen LogP contribution in [-0.4, -0.2) is 16.4 Å². The van der Waals surface area contributed by atoms with E-state index < -0.39 is 5.91 Å². The topological polar surface area (TPSA) is 77.1 Å². The van der Waals surface area contributed by atoms with Gasteiger partial charge in [0, 0.05) is 40.5 Å². The summed E-state index contributed by atoms with van der Waals surface area (Å²) in [5, 5.41) is 4.92. The number of carbonyl (C=O) groups excluding carboxylic acids is 2. The van der Waals surface area contributed by atoms with E-state index in [-0.39, 0.29) is 5.91 Å². The standard InChI is InChI=1S/C22H17ClN3O2/c1-13(27)25-16-5-2-4-14(10-16)12-26-19-7-3-6-18(22(24)28)21(19)17-9-8-15(23)11-20(17)26/h2-8,10-11H,12H2,1H3,(H2,24,28)(H,25,27). The van der Waals surface area contributed by atoms with E-state index in [0.29, 0.717) is 17.1 Å². The van der Waals surface area contributed by atoms with Gasteiger partial charge in [0.2, 0.25) is 11.8 Å². The normalized spacial score (nSPS) is 11.1. The van der Waals surface area contributed by atoms with Crippen molar-refractivity contribution in [2.45, 2.75) is 13.5 Å². The molecule has 0 fully saturated rings. The summed E-state index contributed by atoms with van der Waals surface area (Å²) in [7, 11) is 0. The number of nitrogens with zero attached hydrogens (tertiary/aromatic N) is 1. The van der Waals surface area contributed by atoms with Crippen LogP contribution in [0.3, 0.4) is 0 Å². The van der Waals surface area contributed by atoms with Gasteiger partial charge in [0.15, 0.2) is 0 Å². The smallest absolute Gasteiger partial charge is 0.249 e. The van der Waals surface area contributed by atoms with E-state index in [1.807, 2.05) is 42.5 Å². The molecule has 139 valence electrons.